The van der Waals surface area contributed by atoms with E-state index in [9.17, 15) is 26.4 Å². The number of allylic oxidation sites excluding steroid dienone is 4. The van der Waals surface area contributed by atoms with Gasteiger partial charge in [0.1, 0.15) is 16.1 Å². The van der Waals surface area contributed by atoms with Crippen LogP contribution in [0.3, 0.4) is 0 Å². The minimum absolute atomic E-state index is 0.000311. The van der Waals surface area contributed by atoms with Crippen molar-refractivity contribution in [2.45, 2.75) is 17.9 Å². The zero-order chi connectivity index (χ0) is 31.2. The molecule has 12 nitrogen and oxygen atoms in total. The molecule has 1 aliphatic carbocycles. The quantitative estimate of drug-likeness (QED) is 0.248. The van der Waals surface area contributed by atoms with Crippen LogP contribution in [0.5, 0.6) is 0 Å². The van der Waals surface area contributed by atoms with E-state index in [1.807, 2.05) is 0 Å². The van der Waals surface area contributed by atoms with Crippen molar-refractivity contribution in [1.29, 1.82) is 0 Å². The maximum atomic E-state index is 14.1. The number of hydrogen-bond acceptors (Lipinski definition) is 9. The number of nitrogens with zero attached hydrogens (tertiary/aromatic N) is 3. The summed E-state index contributed by atoms with van der Waals surface area (Å²) in [6, 6.07) is 15.6. The predicted molar refractivity (Wildman–Crippen MR) is 164 cm³/mol. The number of amides is 1. The molecule has 6 rings (SSSR count). The van der Waals surface area contributed by atoms with E-state index in [1.54, 1.807) is 65.3 Å². The van der Waals surface area contributed by atoms with Gasteiger partial charge < -0.3 is 4.57 Å². The number of rotatable bonds is 8. The molecule has 0 bridgehead atoms. The van der Waals surface area contributed by atoms with Gasteiger partial charge in [0.25, 0.3) is 15.9 Å². The van der Waals surface area contributed by atoms with E-state index in [0.29, 0.717) is 27.2 Å². The third kappa shape index (κ3) is 5.62. The van der Waals surface area contributed by atoms with Crippen LogP contribution in [0.25, 0.3) is 27.5 Å². The van der Waals surface area contributed by atoms with E-state index in [4.69, 9.17) is 11.6 Å². The van der Waals surface area contributed by atoms with Crippen LogP contribution in [0.2, 0.25) is 5.02 Å². The van der Waals surface area contributed by atoms with Gasteiger partial charge in [-0.1, -0.05) is 48.0 Å². The molecule has 0 spiro atoms. The zero-order valence-electron chi connectivity index (χ0n) is 22.8. The Morgan fingerprint density at radius 3 is 2.61 bits per heavy atom. The average molecular weight is 652 g/mol. The number of nitrogens with one attached hydrogen (secondary N) is 2. The highest BCUT2D eigenvalue weighted by molar-refractivity contribution is 7.92. The van der Waals surface area contributed by atoms with Crippen molar-refractivity contribution >= 4 is 76.5 Å². The summed E-state index contributed by atoms with van der Waals surface area (Å²) in [4.78, 5) is 27.0. The fourth-order valence-corrected chi connectivity index (χ4v) is 6.95. The number of ketones is 1. The van der Waals surface area contributed by atoms with Crippen molar-refractivity contribution in [3.8, 4) is 0 Å². The number of hydrogen-bond donors (Lipinski definition) is 2. The molecule has 0 unspecified atom stereocenters. The van der Waals surface area contributed by atoms with Gasteiger partial charge in [0.05, 0.1) is 6.26 Å². The van der Waals surface area contributed by atoms with Gasteiger partial charge in [0.2, 0.25) is 10.0 Å². The van der Waals surface area contributed by atoms with Gasteiger partial charge in [-0.25, -0.2) is 26.2 Å². The Bertz CT molecular complexity index is 2290. The van der Waals surface area contributed by atoms with E-state index in [0.717, 1.165) is 6.26 Å². The highest BCUT2D eigenvalue weighted by Crippen LogP contribution is 2.37. The molecule has 3 aromatic carbocycles. The second-order valence-corrected chi connectivity index (χ2v) is 13.8. The van der Waals surface area contributed by atoms with E-state index in [1.165, 1.54) is 18.2 Å². The number of fused-ring (bicyclic) bond motifs is 2. The highest BCUT2D eigenvalue weighted by Gasteiger charge is 2.32. The van der Waals surface area contributed by atoms with Crippen LogP contribution in [0.1, 0.15) is 28.0 Å². The average Bonchev–Trinajstić information content (AvgIpc) is 3.55. The molecule has 0 aliphatic heterocycles. The highest BCUT2D eigenvalue weighted by atomic mass is 35.5. The molecule has 44 heavy (non-hydrogen) atoms. The minimum atomic E-state index is -4.52. The molecule has 15 heteroatoms. The monoisotopic (exact) mass is 651 g/mol. The lowest BCUT2D eigenvalue weighted by Crippen LogP contribution is -2.33. The molecule has 0 atom stereocenters. The van der Waals surface area contributed by atoms with Gasteiger partial charge in [-0.05, 0) is 58.3 Å². The topological polar surface area (TPSA) is 170 Å². The minimum Gasteiger partial charge on any atom is -0.331 e. The van der Waals surface area contributed by atoms with Crippen LogP contribution in [0.15, 0.2) is 88.4 Å². The molecule has 224 valence electrons. The molecule has 0 fully saturated rings. The van der Waals surface area contributed by atoms with Crippen LogP contribution in [0, 0.1) is 0 Å². The summed E-state index contributed by atoms with van der Waals surface area (Å²) in [6.07, 6.45) is 6.03. The van der Waals surface area contributed by atoms with Crippen LogP contribution < -0.4 is 9.44 Å². The number of anilines is 1. The number of aromatic nitrogens is 3. The third-order valence-corrected chi connectivity index (χ3v) is 9.05. The fraction of sp³-hybridized carbons (Fsp3) is 0.103. The number of halogens is 1. The molecule has 1 aliphatic rings. The van der Waals surface area contributed by atoms with E-state index in [-0.39, 0.29) is 51.5 Å². The maximum Gasteiger partial charge on any atom is 0.282 e. The molecular formula is C29H22ClN5O7S2. The lowest BCUT2D eigenvalue weighted by atomic mass is 9.93. The Labute approximate surface area is 256 Å². The van der Waals surface area contributed by atoms with E-state index >= 15 is 0 Å². The molecule has 2 heterocycles. The van der Waals surface area contributed by atoms with Crippen molar-refractivity contribution in [1.82, 2.24) is 19.6 Å². The fourth-order valence-electron chi connectivity index (χ4n) is 5.12. The van der Waals surface area contributed by atoms with Gasteiger partial charge in [-0.3, -0.25) is 14.3 Å². The van der Waals surface area contributed by atoms with Gasteiger partial charge in [0.15, 0.2) is 11.3 Å². The largest absolute Gasteiger partial charge is 0.331 e. The molecule has 0 saturated carbocycles. The molecule has 0 radical (unpaired) electrons. The predicted octanol–water partition coefficient (Wildman–Crippen LogP) is 4.28. The first kappa shape index (κ1) is 29.3. The van der Waals surface area contributed by atoms with E-state index < -0.39 is 26.0 Å². The zero-order valence-corrected chi connectivity index (χ0v) is 25.2. The van der Waals surface area contributed by atoms with Crippen molar-refractivity contribution in [2.24, 2.45) is 0 Å². The molecule has 2 aromatic heterocycles. The smallest absolute Gasteiger partial charge is 0.282 e. The summed E-state index contributed by atoms with van der Waals surface area (Å²) in [5, 5.41) is 8.12. The third-order valence-electron chi connectivity index (χ3n) is 6.85. The summed E-state index contributed by atoms with van der Waals surface area (Å²) < 4.78 is 61.6. The molecule has 1 amide bonds. The summed E-state index contributed by atoms with van der Waals surface area (Å²) >= 11 is 6.37. The van der Waals surface area contributed by atoms with Crippen molar-refractivity contribution in [3.05, 3.63) is 101 Å². The molecule has 2 N–H and O–H groups in total. The summed E-state index contributed by atoms with van der Waals surface area (Å²) in [5.74, 6) is -1.30. The lowest BCUT2D eigenvalue weighted by molar-refractivity contribution is -0.113. The standard InChI is InChI=1S/C29H22ClN5O7S2/c1-43(38,39)33-19-7-4-6-17(14-19)16-35-23-13-12-18(30)15-21(23)26(20-8-2-3-10-24(20)36)28(35)29(37)34-44(40,41)25-11-5-9-22-27(25)32-42-31-22/h2-9,11-15,33H,10,16H2,1H3,(H,34,37). The molecule has 0 saturated heterocycles. The first-order valence-electron chi connectivity index (χ1n) is 13.0. The molecule has 5 aromatic rings. The first-order chi connectivity index (χ1) is 20.9. The Hall–Kier alpha value is -4.79. The second-order valence-electron chi connectivity index (χ2n) is 10.0. The van der Waals surface area contributed by atoms with Gasteiger partial charge in [0, 0.05) is 45.7 Å². The Kier molecular flexibility index (Phi) is 7.35. The lowest BCUT2D eigenvalue weighted by Gasteiger charge is -2.15. The van der Waals surface area contributed by atoms with Gasteiger partial charge in [-0.15, -0.1) is 0 Å². The number of carbonyl (C=O) groups excluding carboxylic acids is 2. The van der Waals surface area contributed by atoms with Crippen LogP contribution in [-0.4, -0.2) is 49.7 Å². The van der Waals surface area contributed by atoms with Crippen LogP contribution in [-0.2, 0) is 31.4 Å². The SMILES string of the molecule is CS(=O)(=O)Nc1cccc(Cn2c(C(=O)NS(=O)(=O)c3cccc4nonc34)c(C3=CC=CCC3=O)c3cc(Cl)ccc32)c1. The number of sulfonamides is 2. The van der Waals surface area contributed by atoms with Crippen LogP contribution in [0.4, 0.5) is 5.69 Å². The summed E-state index contributed by atoms with van der Waals surface area (Å²) in [7, 11) is -8.10. The van der Waals surface area contributed by atoms with Crippen LogP contribution >= 0.6 is 11.6 Å². The second kappa shape index (κ2) is 11.0. The van der Waals surface area contributed by atoms with Crippen molar-refractivity contribution < 1.29 is 31.1 Å². The Morgan fingerprint density at radius 1 is 1.05 bits per heavy atom. The first-order valence-corrected chi connectivity index (χ1v) is 16.7. The molecular weight excluding hydrogens is 630 g/mol. The number of benzene rings is 3. The van der Waals surface area contributed by atoms with Gasteiger partial charge >= 0.3 is 0 Å². The normalized spacial score (nSPS) is 13.8. The van der Waals surface area contributed by atoms with E-state index in [2.05, 4.69) is 24.4 Å². The summed E-state index contributed by atoms with van der Waals surface area (Å²) in [6.45, 7) is 0.000311. The Balaban J connectivity index is 1.55. The number of carbonyl (C=O) groups is 2. The maximum absolute atomic E-state index is 14.1. The number of Topliss-reactive ketones (excluding diaryl/α,β-unsaturated/α-hetero) is 1. The van der Waals surface area contributed by atoms with Gasteiger partial charge in [-0.2, -0.15) is 0 Å². The van der Waals surface area contributed by atoms with Crippen molar-refractivity contribution in [3.63, 3.8) is 0 Å². The Morgan fingerprint density at radius 2 is 1.84 bits per heavy atom. The summed E-state index contributed by atoms with van der Waals surface area (Å²) in [5.41, 5.74) is 1.77. The van der Waals surface area contributed by atoms with Crippen molar-refractivity contribution in [2.75, 3.05) is 11.0 Å².